The van der Waals surface area contributed by atoms with Gasteiger partial charge >= 0.3 is 0 Å². The van der Waals surface area contributed by atoms with Crippen LogP contribution in [0.1, 0.15) is 44.6 Å². The monoisotopic (exact) mass is 286 g/mol. The van der Waals surface area contributed by atoms with Crippen LogP contribution in [0.2, 0.25) is 0 Å². The van der Waals surface area contributed by atoms with Crippen molar-refractivity contribution in [3.8, 4) is 5.82 Å². The number of nitrogens with zero attached hydrogens (tertiary/aromatic N) is 3. The summed E-state index contributed by atoms with van der Waals surface area (Å²) in [7, 11) is 0. The standard InChI is InChI=1S/C17H26N4/c1-5-15-10-16(6-2)21(20-15)17-14(8-7-9-19-17)12-18-11-13(3)4/h7-10,13,18H,5-6,11-12H2,1-4H3. The average Bonchev–Trinajstić information content (AvgIpc) is 2.90. The summed E-state index contributed by atoms with van der Waals surface area (Å²) in [6.07, 6.45) is 3.75. The summed E-state index contributed by atoms with van der Waals surface area (Å²) >= 11 is 0. The number of pyridine rings is 1. The van der Waals surface area contributed by atoms with Crippen molar-refractivity contribution < 1.29 is 0 Å². The maximum atomic E-state index is 4.70. The Hall–Kier alpha value is -1.68. The van der Waals surface area contributed by atoms with Gasteiger partial charge in [-0.2, -0.15) is 5.10 Å². The molecule has 0 aliphatic carbocycles. The molecule has 0 amide bonds. The minimum absolute atomic E-state index is 0.646. The second-order valence-corrected chi connectivity index (χ2v) is 5.76. The van der Waals surface area contributed by atoms with E-state index in [2.05, 4.69) is 50.1 Å². The number of aryl methyl sites for hydroxylation is 2. The van der Waals surface area contributed by atoms with Crippen molar-refractivity contribution in [2.75, 3.05) is 6.54 Å². The van der Waals surface area contributed by atoms with E-state index in [0.29, 0.717) is 5.92 Å². The minimum Gasteiger partial charge on any atom is -0.312 e. The first-order valence-corrected chi connectivity index (χ1v) is 7.88. The van der Waals surface area contributed by atoms with Crippen LogP contribution in [0.15, 0.2) is 24.4 Å². The lowest BCUT2D eigenvalue weighted by atomic mass is 10.2. The highest BCUT2D eigenvalue weighted by atomic mass is 15.3. The molecular formula is C17H26N4. The third-order valence-corrected chi connectivity index (χ3v) is 3.49. The molecular weight excluding hydrogens is 260 g/mol. The molecule has 0 aliphatic heterocycles. The smallest absolute Gasteiger partial charge is 0.158 e. The predicted octanol–water partition coefficient (Wildman–Crippen LogP) is 3.14. The van der Waals surface area contributed by atoms with E-state index in [9.17, 15) is 0 Å². The molecule has 4 heteroatoms. The molecule has 2 rings (SSSR count). The van der Waals surface area contributed by atoms with Crippen molar-refractivity contribution in [3.05, 3.63) is 41.3 Å². The number of aromatic nitrogens is 3. The first kappa shape index (κ1) is 15.7. The maximum Gasteiger partial charge on any atom is 0.158 e. The molecule has 2 aromatic heterocycles. The summed E-state index contributed by atoms with van der Waals surface area (Å²) in [5, 5.41) is 8.19. The van der Waals surface area contributed by atoms with Crippen LogP contribution in [0.4, 0.5) is 0 Å². The fraction of sp³-hybridized carbons (Fsp3) is 0.529. The molecule has 0 spiro atoms. The molecule has 2 aromatic rings. The van der Waals surface area contributed by atoms with Gasteiger partial charge in [0.15, 0.2) is 5.82 Å². The number of hydrogen-bond acceptors (Lipinski definition) is 3. The van der Waals surface area contributed by atoms with E-state index in [1.807, 2.05) is 16.9 Å². The molecule has 2 heterocycles. The van der Waals surface area contributed by atoms with Gasteiger partial charge in [-0.15, -0.1) is 0 Å². The fourth-order valence-electron chi connectivity index (χ4n) is 2.34. The Morgan fingerprint density at radius 3 is 2.71 bits per heavy atom. The van der Waals surface area contributed by atoms with E-state index in [4.69, 9.17) is 5.10 Å². The van der Waals surface area contributed by atoms with E-state index in [1.165, 1.54) is 11.3 Å². The Morgan fingerprint density at radius 1 is 1.24 bits per heavy atom. The summed E-state index contributed by atoms with van der Waals surface area (Å²) in [5.41, 5.74) is 3.54. The quantitative estimate of drug-likeness (QED) is 0.850. The number of nitrogens with one attached hydrogen (secondary N) is 1. The van der Waals surface area contributed by atoms with Crippen molar-refractivity contribution in [1.82, 2.24) is 20.1 Å². The van der Waals surface area contributed by atoms with Crippen LogP contribution in [0.5, 0.6) is 0 Å². The van der Waals surface area contributed by atoms with Gasteiger partial charge in [0.1, 0.15) is 0 Å². The van der Waals surface area contributed by atoms with Gasteiger partial charge in [0, 0.05) is 24.0 Å². The summed E-state index contributed by atoms with van der Waals surface area (Å²) in [6, 6.07) is 6.30. The van der Waals surface area contributed by atoms with E-state index in [0.717, 1.165) is 37.4 Å². The van der Waals surface area contributed by atoms with Crippen LogP contribution in [0.25, 0.3) is 5.82 Å². The highest BCUT2D eigenvalue weighted by Gasteiger charge is 2.12. The average molecular weight is 286 g/mol. The van der Waals surface area contributed by atoms with Gasteiger partial charge in [-0.25, -0.2) is 9.67 Å². The number of rotatable bonds is 7. The number of hydrogen-bond donors (Lipinski definition) is 1. The van der Waals surface area contributed by atoms with Gasteiger partial charge in [-0.1, -0.05) is 33.8 Å². The third-order valence-electron chi connectivity index (χ3n) is 3.49. The fourth-order valence-corrected chi connectivity index (χ4v) is 2.34. The zero-order valence-electron chi connectivity index (χ0n) is 13.6. The van der Waals surface area contributed by atoms with Crippen LogP contribution >= 0.6 is 0 Å². The second kappa shape index (κ2) is 7.36. The molecule has 0 aromatic carbocycles. The first-order valence-electron chi connectivity index (χ1n) is 7.88. The molecule has 0 fully saturated rings. The molecule has 0 radical (unpaired) electrons. The largest absolute Gasteiger partial charge is 0.312 e. The van der Waals surface area contributed by atoms with Crippen LogP contribution < -0.4 is 5.32 Å². The van der Waals surface area contributed by atoms with Gasteiger partial charge in [-0.05, 0) is 37.4 Å². The summed E-state index contributed by atoms with van der Waals surface area (Å²) in [5.74, 6) is 1.60. The normalized spacial score (nSPS) is 11.3. The van der Waals surface area contributed by atoms with Crippen LogP contribution in [-0.4, -0.2) is 21.3 Å². The summed E-state index contributed by atoms with van der Waals surface area (Å²) in [4.78, 5) is 4.56. The molecule has 0 unspecified atom stereocenters. The predicted molar refractivity (Wildman–Crippen MR) is 86.7 cm³/mol. The highest BCUT2D eigenvalue weighted by Crippen LogP contribution is 2.16. The lowest BCUT2D eigenvalue weighted by Crippen LogP contribution is -2.20. The summed E-state index contributed by atoms with van der Waals surface area (Å²) in [6.45, 7) is 10.6. The molecule has 0 bridgehead atoms. The zero-order valence-corrected chi connectivity index (χ0v) is 13.6. The zero-order chi connectivity index (χ0) is 15.2. The Morgan fingerprint density at radius 2 is 2.05 bits per heavy atom. The van der Waals surface area contributed by atoms with E-state index in [1.54, 1.807) is 0 Å². The molecule has 0 saturated heterocycles. The van der Waals surface area contributed by atoms with Crippen LogP contribution in [-0.2, 0) is 19.4 Å². The van der Waals surface area contributed by atoms with Gasteiger partial charge in [0.05, 0.1) is 5.69 Å². The molecule has 0 saturated carbocycles. The van der Waals surface area contributed by atoms with Crippen molar-refractivity contribution >= 4 is 0 Å². The Kier molecular flexibility index (Phi) is 5.51. The van der Waals surface area contributed by atoms with Gasteiger partial charge < -0.3 is 5.32 Å². The van der Waals surface area contributed by atoms with Crippen LogP contribution in [0.3, 0.4) is 0 Å². The van der Waals surface area contributed by atoms with Crippen LogP contribution in [0, 0.1) is 5.92 Å². The maximum absolute atomic E-state index is 4.70. The first-order chi connectivity index (χ1) is 10.2. The van der Waals surface area contributed by atoms with Gasteiger partial charge in [0.2, 0.25) is 0 Å². The van der Waals surface area contributed by atoms with Crippen molar-refractivity contribution in [2.24, 2.45) is 5.92 Å². The third kappa shape index (κ3) is 3.91. The van der Waals surface area contributed by atoms with Gasteiger partial charge in [0.25, 0.3) is 0 Å². The highest BCUT2D eigenvalue weighted by molar-refractivity contribution is 5.35. The molecule has 0 atom stereocenters. The van der Waals surface area contributed by atoms with Crippen molar-refractivity contribution in [3.63, 3.8) is 0 Å². The van der Waals surface area contributed by atoms with E-state index in [-0.39, 0.29) is 0 Å². The molecule has 4 nitrogen and oxygen atoms in total. The Bertz CT molecular complexity index is 572. The topological polar surface area (TPSA) is 42.7 Å². The van der Waals surface area contributed by atoms with E-state index >= 15 is 0 Å². The lowest BCUT2D eigenvalue weighted by molar-refractivity contribution is 0.550. The lowest BCUT2D eigenvalue weighted by Gasteiger charge is -2.12. The van der Waals surface area contributed by atoms with Crippen molar-refractivity contribution in [1.29, 1.82) is 0 Å². The Balaban J connectivity index is 2.28. The molecule has 114 valence electrons. The molecule has 0 aliphatic rings. The van der Waals surface area contributed by atoms with E-state index < -0.39 is 0 Å². The second-order valence-electron chi connectivity index (χ2n) is 5.76. The SMILES string of the molecule is CCc1cc(CC)n(-c2ncccc2CNCC(C)C)n1. The Labute approximate surface area is 127 Å². The molecule has 1 N–H and O–H groups in total. The van der Waals surface area contributed by atoms with Gasteiger partial charge in [-0.3, -0.25) is 0 Å². The van der Waals surface area contributed by atoms with Crippen molar-refractivity contribution in [2.45, 2.75) is 47.1 Å². The molecule has 21 heavy (non-hydrogen) atoms. The summed E-state index contributed by atoms with van der Waals surface area (Å²) < 4.78 is 2.01. The minimum atomic E-state index is 0.646.